The summed E-state index contributed by atoms with van der Waals surface area (Å²) < 4.78 is 12.9. The van der Waals surface area contributed by atoms with E-state index in [0.29, 0.717) is 6.54 Å². The van der Waals surface area contributed by atoms with Crippen molar-refractivity contribution in [2.75, 3.05) is 6.54 Å². The van der Waals surface area contributed by atoms with Gasteiger partial charge in [0.25, 0.3) is 0 Å². The molecule has 0 saturated heterocycles. The van der Waals surface area contributed by atoms with Crippen LogP contribution >= 0.6 is 0 Å². The van der Waals surface area contributed by atoms with E-state index < -0.39 is 0 Å². The molecular formula is C17H17FN2O. The molecule has 1 aliphatic carbocycles. The Hall–Kier alpha value is -2.23. The Balaban J connectivity index is 1.71. The van der Waals surface area contributed by atoms with Crippen LogP contribution in [0.15, 0.2) is 42.6 Å². The van der Waals surface area contributed by atoms with E-state index in [9.17, 15) is 9.18 Å². The van der Waals surface area contributed by atoms with Crippen LogP contribution in [-0.2, 0) is 4.79 Å². The standard InChI is InChI=1S/C17H17FN2O/c1-2-19-17(21)15-9-14(15)12-5-8-16(20-10-12)11-3-6-13(18)7-4-11/h3-8,10,14-15H,2,9H2,1H3,(H,19,21)/t14-,15+/m0/s1. The van der Waals surface area contributed by atoms with Gasteiger partial charge < -0.3 is 5.32 Å². The second-order valence-corrected chi connectivity index (χ2v) is 5.33. The van der Waals surface area contributed by atoms with Gasteiger partial charge in [0.2, 0.25) is 5.91 Å². The van der Waals surface area contributed by atoms with E-state index in [4.69, 9.17) is 0 Å². The molecule has 3 rings (SSSR count). The van der Waals surface area contributed by atoms with Crippen molar-refractivity contribution in [1.29, 1.82) is 0 Å². The van der Waals surface area contributed by atoms with E-state index in [-0.39, 0.29) is 23.6 Å². The number of benzene rings is 1. The lowest BCUT2D eigenvalue weighted by Crippen LogP contribution is -2.24. The second-order valence-electron chi connectivity index (χ2n) is 5.33. The van der Waals surface area contributed by atoms with Gasteiger partial charge >= 0.3 is 0 Å². The molecule has 2 aromatic rings. The van der Waals surface area contributed by atoms with Crippen LogP contribution in [0.3, 0.4) is 0 Å². The van der Waals surface area contributed by atoms with Crippen molar-refractivity contribution in [2.24, 2.45) is 5.92 Å². The number of hydrogen-bond acceptors (Lipinski definition) is 2. The number of halogens is 1. The highest BCUT2D eigenvalue weighted by molar-refractivity contribution is 5.82. The van der Waals surface area contributed by atoms with Gasteiger partial charge in [0, 0.05) is 24.2 Å². The zero-order valence-corrected chi connectivity index (χ0v) is 11.8. The minimum atomic E-state index is -0.252. The van der Waals surface area contributed by atoms with E-state index in [0.717, 1.165) is 23.2 Å². The molecule has 0 aliphatic heterocycles. The third-order valence-corrected chi connectivity index (χ3v) is 3.83. The van der Waals surface area contributed by atoms with E-state index in [1.165, 1.54) is 12.1 Å². The van der Waals surface area contributed by atoms with Gasteiger partial charge in [0.05, 0.1) is 5.69 Å². The van der Waals surface area contributed by atoms with Crippen LogP contribution < -0.4 is 5.32 Å². The number of nitrogens with one attached hydrogen (secondary N) is 1. The maximum Gasteiger partial charge on any atom is 0.223 e. The lowest BCUT2D eigenvalue weighted by atomic mass is 10.1. The summed E-state index contributed by atoms with van der Waals surface area (Å²) >= 11 is 0. The van der Waals surface area contributed by atoms with Gasteiger partial charge in [-0.15, -0.1) is 0 Å². The molecule has 1 heterocycles. The van der Waals surface area contributed by atoms with Crippen molar-refractivity contribution in [1.82, 2.24) is 10.3 Å². The van der Waals surface area contributed by atoms with Crippen LogP contribution in [-0.4, -0.2) is 17.4 Å². The molecule has 1 saturated carbocycles. The highest BCUT2D eigenvalue weighted by Crippen LogP contribution is 2.47. The third kappa shape index (κ3) is 2.94. The number of carbonyl (C=O) groups is 1. The Kier molecular flexibility index (Phi) is 3.69. The predicted molar refractivity (Wildman–Crippen MR) is 79.2 cm³/mol. The zero-order chi connectivity index (χ0) is 14.8. The normalized spacial score (nSPS) is 20.1. The molecule has 0 bridgehead atoms. The maximum atomic E-state index is 12.9. The Morgan fingerprint density at radius 1 is 1.29 bits per heavy atom. The number of nitrogens with zero attached hydrogens (tertiary/aromatic N) is 1. The third-order valence-electron chi connectivity index (χ3n) is 3.83. The van der Waals surface area contributed by atoms with Gasteiger partial charge in [-0.05, 0) is 55.2 Å². The van der Waals surface area contributed by atoms with Crippen LogP contribution in [0.25, 0.3) is 11.3 Å². The monoisotopic (exact) mass is 284 g/mol. The lowest BCUT2D eigenvalue weighted by molar-refractivity contribution is -0.122. The van der Waals surface area contributed by atoms with Crippen molar-refractivity contribution >= 4 is 5.91 Å². The number of pyridine rings is 1. The average molecular weight is 284 g/mol. The summed E-state index contributed by atoms with van der Waals surface area (Å²) in [6.07, 6.45) is 2.71. The van der Waals surface area contributed by atoms with Crippen LogP contribution in [0.1, 0.15) is 24.8 Å². The zero-order valence-electron chi connectivity index (χ0n) is 11.8. The molecule has 0 radical (unpaired) electrons. The number of hydrogen-bond donors (Lipinski definition) is 1. The molecule has 1 aliphatic rings. The van der Waals surface area contributed by atoms with E-state index in [2.05, 4.69) is 10.3 Å². The fraction of sp³-hybridized carbons (Fsp3) is 0.294. The largest absolute Gasteiger partial charge is 0.356 e. The van der Waals surface area contributed by atoms with Crippen molar-refractivity contribution in [3.8, 4) is 11.3 Å². The molecule has 108 valence electrons. The van der Waals surface area contributed by atoms with Gasteiger partial charge in [-0.3, -0.25) is 9.78 Å². The van der Waals surface area contributed by atoms with Gasteiger partial charge in [0.15, 0.2) is 0 Å². The summed E-state index contributed by atoms with van der Waals surface area (Å²) in [6.45, 7) is 2.60. The maximum absolute atomic E-state index is 12.9. The van der Waals surface area contributed by atoms with E-state index in [1.807, 2.05) is 25.3 Å². The molecule has 1 amide bonds. The first-order valence-corrected chi connectivity index (χ1v) is 7.18. The first kappa shape index (κ1) is 13.7. The highest BCUT2D eigenvalue weighted by Gasteiger charge is 2.43. The minimum absolute atomic E-state index is 0.0865. The Bertz CT molecular complexity index is 637. The first-order valence-electron chi connectivity index (χ1n) is 7.18. The van der Waals surface area contributed by atoms with Crippen molar-refractivity contribution < 1.29 is 9.18 Å². The fourth-order valence-electron chi connectivity index (χ4n) is 2.57. The minimum Gasteiger partial charge on any atom is -0.356 e. The topological polar surface area (TPSA) is 42.0 Å². The van der Waals surface area contributed by atoms with Crippen LogP contribution in [0.4, 0.5) is 4.39 Å². The molecular weight excluding hydrogens is 267 g/mol. The summed E-state index contributed by atoms with van der Waals surface area (Å²) in [6, 6.07) is 10.2. The molecule has 0 unspecified atom stereocenters. The first-order chi connectivity index (χ1) is 10.2. The summed E-state index contributed by atoms with van der Waals surface area (Å²) in [4.78, 5) is 16.2. The second kappa shape index (κ2) is 5.64. The van der Waals surface area contributed by atoms with Gasteiger partial charge in [0.1, 0.15) is 5.82 Å². The molecule has 21 heavy (non-hydrogen) atoms. The van der Waals surface area contributed by atoms with Gasteiger partial charge in [-0.2, -0.15) is 0 Å². The molecule has 1 fully saturated rings. The van der Waals surface area contributed by atoms with Gasteiger partial charge in [-0.1, -0.05) is 6.07 Å². The molecule has 0 spiro atoms. The summed E-state index contributed by atoms with van der Waals surface area (Å²) in [7, 11) is 0. The molecule has 1 aromatic heterocycles. The van der Waals surface area contributed by atoms with E-state index >= 15 is 0 Å². The van der Waals surface area contributed by atoms with E-state index in [1.54, 1.807) is 12.1 Å². The van der Waals surface area contributed by atoms with Gasteiger partial charge in [-0.25, -0.2) is 4.39 Å². The van der Waals surface area contributed by atoms with Crippen molar-refractivity contribution in [3.05, 3.63) is 54.0 Å². The molecule has 1 N–H and O–H groups in total. The number of rotatable bonds is 4. The number of aromatic nitrogens is 1. The SMILES string of the molecule is CCNC(=O)[C@@H]1C[C@H]1c1ccc(-c2ccc(F)cc2)nc1. The quantitative estimate of drug-likeness (QED) is 0.937. The van der Waals surface area contributed by atoms with Crippen molar-refractivity contribution in [2.45, 2.75) is 19.3 Å². The van der Waals surface area contributed by atoms with Crippen LogP contribution in [0, 0.1) is 11.7 Å². The molecule has 3 nitrogen and oxygen atoms in total. The smallest absolute Gasteiger partial charge is 0.223 e. The number of carbonyl (C=O) groups excluding carboxylic acids is 1. The lowest BCUT2D eigenvalue weighted by Gasteiger charge is -2.04. The molecule has 1 aromatic carbocycles. The molecule has 4 heteroatoms. The molecule has 2 atom stereocenters. The Morgan fingerprint density at radius 3 is 2.67 bits per heavy atom. The highest BCUT2D eigenvalue weighted by atomic mass is 19.1. The summed E-state index contributed by atoms with van der Waals surface area (Å²) in [5, 5.41) is 2.85. The van der Waals surface area contributed by atoms with Crippen LogP contribution in [0.2, 0.25) is 0 Å². The number of amides is 1. The summed E-state index contributed by atoms with van der Waals surface area (Å²) in [5.41, 5.74) is 2.80. The van der Waals surface area contributed by atoms with Crippen LogP contribution in [0.5, 0.6) is 0 Å². The Labute approximate surface area is 123 Å². The average Bonchev–Trinajstić information content (AvgIpc) is 3.29. The summed E-state index contributed by atoms with van der Waals surface area (Å²) in [5.74, 6) is 0.248. The predicted octanol–water partition coefficient (Wildman–Crippen LogP) is 3.13. The van der Waals surface area contributed by atoms with Crippen molar-refractivity contribution in [3.63, 3.8) is 0 Å². The fourth-order valence-corrected chi connectivity index (χ4v) is 2.57. The Morgan fingerprint density at radius 2 is 2.05 bits per heavy atom.